The number of nitrogens with one attached hydrogen (secondary N) is 1. The Kier molecular flexibility index (Phi) is 52.6. The highest BCUT2D eigenvalue weighted by molar-refractivity contribution is 5.76. The first-order chi connectivity index (χ1) is 31.5. The smallest absolute Gasteiger partial charge is 0.305 e. The van der Waals surface area contributed by atoms with Crippen LogP contribution >= 0.6 is 0 Å². The second kappa shape index (κ2) is 54.0. The molecule has 0 saturated carbocycles. The Morgan fingerprint density at radius 2 is 0.734 bits per heavy atom. The normalized spacial score (nSPS) is 12.8. The van der Waals surface area contributed by atoms with Crippen molar-refractivity contribution >= 4 is 11.9 Å². The number of ether oxygens (including phenoxy) is 1. The maximum absolute atomic E-state index is 12.5. The maximum Gasteiger partial charge on any atom is 0.305 e. The Labute approximate surface area is 399 Å². The van der Waals surface area contributed by atoms with Gasteiger partial charge in [-0.25, -0.2) is 0 Å². The van der Waals surface area contributed by atoms with Crippen LogP contribution in [0.1, 0.15) is 309 Å². The van der Waals surface area contributed by atoms with Crippen LogP contribution in [0.3, 0.4) is 0 Å². The summed E-state index contributed by atoms with van der Waals surface area (Å²) < 4.78 is 5.45. The van der Waals surface area contributed by atoms with E-state index in [0.717, 1.165) is 77.0 Å². The molecule has 1 amide bonds. The number of hydrogen-bond donors (Lipinski definition) is 3. The average Bonchev–Trinajstić information content (AvgIpc) is 3.29. The van der Waals surface area contributed by atoms with E-state index < -0.39 is 12.1 Å². The predicted octanol–water partition coefficient (Wildman–Crippen LogP) is 17.5. The minimum Gasteiger partial charge on any atom is -0.466 e. The van der Waals surface area contributed by atoms with E-state index >= 15 is 0 Å². The third kappa shape index (κ3) is 49.8. The summed E-state index contributed by atoms with van der Waals surface area (Å²) in [6.45, 7) is 4.84. The van der Waals surface area contributed by atoms with E-state index in [2.05, 4.69) is 31.3 Å². The van der Waals surface area contributed by atoms with E-state index in [9.17, 15) is 19.8 Å². The van der Waals surface area contributed by atoms with Crippen molar-refractivity contribution in [2.45, 2.75) is 321 Å². The molecular weight excluding hydrogens is 791 g/mol. The number of rotatable bonds is 53. The molecule has 0 radical (unpaired) electrons. The van der Waals surface area contributed by atoms with Crippen molar-refractivity contribution in [3.8, 4) is 0 Å². The number of unbranched alkanes of at least 4 members (excludes halogenated alkanes) is 40. The van der Waals surface area contributed by atoms with E-state index in [1.807, 2.05) is 6.08 Å². The van der Waals surface area contributed by atoms with E-state index in [4.69, 9.17) is 4.74 Å². The Bertz CT molecular complexity index is 997. The lowest BCUT2D eigenvalue weighted by Crippen LogP contribution is -2.45. The molecule has 64 heavy (non-hydrogen) atoms. The van der Waals surface area contributed by atoms with Crippen molar-refractivity contribution in [1.82, 2.24) is 5.32 Å². The van der Waals surface area contributed by atoms with Gasteiger partial charge in [0.1, 0.15) is 0 Å². The zero-order valence-corrected chi connectivity index (χ0v) is 43.0. The summed E-state index contributed by atoms with van der Waals surface area (Å²) in [4.78, 5) is 24.5. The molecule has 0 aliphatic heterocycles. The lowest BCUT2D eigenvalue weighted by Gasteiger charge is -2.20. The van der Waals surface area contributed by atoms with Crippen LogP contribution < -0.4 is 5.32 Å². The van der Waals surface area contributed by atoms with Crippen LogP contribution in [-0.4, -0.2) is 47.4 Å². The summed E-state index contributed by atoms with van der Waals surface area (Å²) in [5, 5.41) is 23.1. The summed E-state index contributed by atoms with van der Waals surface area (Å²) in [5.41, 5.74) is 0. The van der Waals surface area contributed by atoms with Gasteiger partial charge in [-0.2, -0.15) is 0 Å². The second-order valence-corrected chi connectivity index (χ2v) is 19.6. The largest absolute Gasteiger partial charge is 0.466 e. The van der Waals surface area contributed by atoms with Crippen molar-refractivity contribution in [1.29, 1.82) is 0 Å². The van der Waals surface area contributed by atoms with E-state index in [1.165, 1.54) is 205 Å². The fourth-order valence-electron chi connectivity index (χ4n) is 8.81. The van der Waals surface area contributed by atoms with Gasteiger partial charge in [-0.1, -0.05) is 263 Å². The van der Waals surface area contributed by atoms with Gasteiger partial charge in [0.25, 0.3) is 0 Å². The van der Waals surface area contributed by atoms with Gasteiger partial charge in [-0.3, -0.25) is 9.59 Å². The van der Waals surface area contributed by atoms with Gasteiger partial charge in [0.15, 0.2) is 0 Å². The molecule has 0 aromatic heterocycles. The number of amides is 1. The van der Waals surface area contributed by atoms with Gasteiger partial charge in [0.2, 0.25) is 5.91 Å². The monoisotopic (exact) mass is 902 g/mol. The molecule has 6 nitrogen and oxygen atoms in total. The van der Waals surface area contributed by atoms with Crippen molar-refractivity contribution in [2.75, 3.05) is 13.2 Å². The van der Waals surface area contributed by atoms with Gasteiger partial charge in [-0.15, -0.1) is 0 Å². The topological polar surface area (TPSA) is 95.9 Å². The molecule has 0 aliphatic rings. The molecule has 0 heterocycles. The van der Waals surface area contributed by atoms with Crippen LogP contribution in [-0.2, 0) is 14.3 Å². The van der Waals surface area contributed by atoms with E-state index in [-0.39, 0.29) is 18.5 Å². The van der Waals surface area contributed by atoms with Crippen LogP contribution in [0.2, 0.25) is 0 Å². The van der Waals surface area contributed by atoms with Gasteiger partial charge in [0, 0.05) is 12.8 Å². The zero-order valence-electron chi connectivity index (χ0n) is 43.0. The Balaban J connectivity index is 3.53. The van der Waals surface area contributed by atoms with Crippen molar-refractivity contribution in [3.05, 3.63) is 24.3 Å². The number of hydrogen-bond acceptors (Lipinski definition) is 5. The SMILES string of the molecule is CCCCCCCCCCCCCCCCCCCCC/C=C/C(O)C(CO)NC(=O)CCCCCC/C=C\CCCCOC(=O)CCCCCCCCCCCCCCCCCC. The van der Waals surface area contributed by atoms with Gasteiger partial charge in [-0.05, 0) is 57.8 Å². The first-order valence-corrected chi connectivity index (χ1v) is 28.6. The highest BCUT2D eigenvalue weighted by atomic mass is 16.5. The summed E-state index contributed by atoms with van der Waals surface area (Å²) in [7, 11) is 0. The molecular formula is C58H111NO5. The molecule has 0 aromatic carbocycles. The van der Waals surface area contributed by atoms with Crippen LogP contribution in [0.25, 0.3) is 0 Å². The molecule has 0 saturated heterocycles. The van der Waals surface area contributed by atoms with Crippen LogP contribution in [0, 0.1) is 0 Å². The molecule has 3 N–H and O–H groups in total. The summed E-state index contributed by atoms with van der Waals surface area (Å²) >= 11 is 0. The minimum atomic E-state index is -0.866. The Hall–Kier alpha value is -1.66. The molecule has 6 heteroatoms. The van der Waals surface area contributed by atoms with Crippen LogP contribution in [0.15, 0.2) is 24.3 Å². The number of allylic oxidation sites excluding steroid dienone is 3. The molecule has 0 bridgehead atoms. The summed E-state index contributed by atoms with van der Waals surface area (Å²) in [6.07, 6.45) is 64.9. The molecule has 0 rings (SSSR count). The standard InChI is InChI=1S/C58H111NO5/c1-3-5-7-9-11-13-15-17-19-21-22-23-24-25-26-28-30-34-38-42-46-50-56(61)55(54-60)59-57(62)51-47-43-39-35-32-33-37-41-45-49-53-64-58(63)52-48-44-40-36-31-29-27-20-18-16-14-12-10-8-6-4-2/h33,37,46,50,55-56,60-61H,3-32,34-36,38-45,47-49,51-54H2,1-2H3,(H,59,62)/b37-33-,50-46+. The van der Waals surface area contributed by atoms with Crippen molar-refractivity contribution < 1.29 is 24.5 Å². The van der Waals surface area contributed by atoms with Gasteiger partial charge < -0.3 is 20.3 Å². The lowest BCUT2D eigenvalue weighted by molar-refractivity contribution is -0.143. The first-order valence-electron chi connectivity index (χ1n) is 28.6. The van der Waals surface area contributed by atoms with Crippen LogP contribution in [0.5, 0.6) is 0 Å². The summed E-state index contributed by atoms with van der Waals surface area (Å²) in [6, 6.07) is -0.653. The third-order valence-corrected chi connectivity index (χ3v) is 13.2. The molecule has 0 spiro atoms. The number of aliphatic hydroxyl groups excluding tert-OH is 2. The minimum absolute atomic E-state index is 0.0345. The fourth-order valence-corrected chi connectivity index (χ4v) is 8.81. The van der Waals surface area contributed by atoms with Gasteiger partial charge in [0.05, 0.1) is 25.4 Å². The zero-order chi connectivity index (χ0) is 46.5. The average molecular weight is 903 g/mol. The highest BCUT2D eigenvalue weighted by Crippen LogP contribution is 2.17. The number of esters is 1. The third-order valence-electron chi connectivity index (χ3n) is 13.2. The Morgan fingerprint density at radius 3 is 1.11 bits per heavy atom. The molecule has 2 atom stereocenters. The van der Waals surface area contributed by atoms with Crippen LogP contribution in [0.4, 0.5) is 0 Å². The first kappa shape index (κ1) is 62.3. The fraction of sp³-hybridized carbons (Fsp3) is 0.897. The van der Waals surface area contributed by atoms with Gasteiger partial charge >= 0.3 is 5.97 Å². The quantitative estimate of drug-likeness (QED) is 0.0321. The van der Waals surface area contributed by atoms with E-state index in [0.29, 0.717) is 19.4 Å². The molecule has 0 aromatic rings. The Morgan fingerprint density at radius 1 is 0.422 bits per heavy atom. The lowest BCUT2D eigenvalue weighted by atomic mass is 10.0. The molecule has 2 unspecified atom stereocenters. The summed E-state index contributed by atoms with van der Waals surface area (Å²) in [5.74, 6) is -0.135. The van der Waals surface area contributed by atoms with Crippen molar-refractivity contribution in [2.24, 2.45) is 0 Å². The molecule has 378 valence electrons. The predicted molar refractivity (Wildman–Crippen MR) is 278 cm³/mol. The number of aliphatic hydroxyl groups is 2. The number of carbonyl (C=O) groups excluding carboxylic acids is 2. The highest BCUT2D eigenvalue weighted by Gasteiger charge is 2.18. The molecule has 0 fully saturated rings. The maximum atomic E-state index is 12.5. The second-order valence-electron chi connectivity index (χ2n) is 19.6. The van der Waals surface area contributed by atoms with Crippen molar-refractivity contribution in [3.63, 3.8) is 0 Å². The van der Waals surface area contributed by atoms with E-state index in [1.54, 1.807) is 6.08 Å². The molecule has 0 aliphatic carbocycles. The number of carbonyl (C=O) groups is 2.